The van der Waals surface area contributed by atoms with Crippen LogP contribution in [0.15, 0.2) is 182 Å². The number of hydrogen-bond donors (Lipinski definition) is 1. The summed E-state index contributed by atoms with van der Waals surface area (Å²) in [6.07, 6.45) is 1.90. The molecule has 6 aromatic carbocycles. The van der Waals surface area contributed by atoms with Crippen LogP contribution in [-0.4, -0.2) is 60.0 Å². The molecule has 6 aromatic rings. The van der Waals surface area contributed by atoms with Crippen LogP contribution in [0, 0.1) is 35.5 Å². The molecule has 1 saturated heterocycles. The molecule has 3 aliphatic rings. The van der Waals surface area contributed by atoms with Gasteiger partial charge in [0.05, 0.1) is 88.5 Å². The van der Waals surface area contributed by atoms with Gasteiger partial charge in [-0.2, -0.15) is 0 Å². The molecule has 1 aliphatic heterocycles. The summed E-state index contributed by atoms with van der Waals surface area (Å²) in [5, 5.41) is 10.4. The number of rotatable bonds is 18. The largest absolute Gasteiger partial charge is 0.393 e. The van der Waals surface area contributed by atoms with Crippen LogP contribution in [-0.2, 0) is 72.8 Å². The number of hydrogen-bond acceptors (Lipinski definition) is 8. The van der Waals surface area contributed by atoms with Gasteiger partial charge in [0.15, 0.2) is 0 Å². The van der Waals surface area contributed by atoms with Crippen molar-refractivity contribution in [3.63, 3.8) is 0 Å². The van der Waals surface area contributed by atoms with Gasteiger partial charge in [-0.3, -0.25) is 0 Å². The molecule has 8 nitrogen and oxygen atoms in total. The van der Waals surface area contributed by atoms with E-state index in [2.05, 4.69) is 152 Å². The normalized spacial score (nSPS) is 29.5. The molecule has 0 amide bonds. The third-order valence-corrected chi connectivity index (χ3v) is 15.9. The highest BCUT2D eigenvalue weighted by Gasteiger charge is 2.44. The molecule has 3 fully saturated rings. The predicted octanol–water partition coefficient (Wildman–Crippen LogP) is 14.3. The van der Waals surface area contributed by atoms with Gasteiger partial charge in [-0.05, 0) is 83.7 Å². The zero-order valence-electron chi connectivity index (χ0n) is 45.9. The number of aliphatic hydroxyl groups excluding tert-OH is 1. The molecule has 1 heterocycles. The molecule has 402 valence electrons. The van der Waals surface area contributed by atoms with Gasteiger partial charge in [0.2, 0.25) is 0 Å². The van der Waals surface area contributed by atoms with Crippen molar-refractivity contribution in [2.24, 2.45) is 35.5 Å². The van der Waals surface area contributed by atoms with E-state index in [0.717, 1.165) is 17.5 Å². The SMILES string of the molecule is CC1C(O)CC(C)[C@H](OCc2ccccc2)[C@@H]1OCc1ccccc1.CC1OC(C)[C@H](OCc2ccccc2)[C@H](OCc2ccccc2)C1C.CC1[C@H](C)CC(C)[C@H](OCc2ccccc2)[C@@H]1OCc1ccccc1. The Morgan fingerprint density at radius 1 is 0.307 bits per heavy atom. The zero-order valence-corrected chi connectivity index (χ0v) is 45.9. The minimum absolute atomic E-state index is 0.00989. The minimum Gasteiger partial charge on any atom is -0.393 e. The lowest BCUT2D eigenvalue weighted by molar-refractivity contribution is -0.223. The van der Waals surface area contributed by atoms with Crippen LogP contribution in [0.5, 0.6) is 0 Å². The lowest BCUT2D eigenvalue weighted by Crippen LogP contribution is -2.53. The molecule has 0 aromatic heterocycles. The van der Waals surface area contributed by atoms with Crippen LogP contribution >= 0.6 is 0 Å². The first-order chi connectivity index (χ1) is 36.4. The molecule has 1 N–H and O–H groups in total. The van der Waals surface area contributed by atoms with Crippen molar-refractivity contribution < 1.29 is 38.3 Å². The van der Waals surface area contributed by atoms with Crippen LogP contribution in [0.1, 0.15) is 102 Å². The molecule has 2 saturated carbocycles. The maximum absolute atomic E-state index is 10.4. The van der Waals surface area contributed by atoms with E-state index < -0.39 is 0 Å². The van der Waals surface area contributed by atoms with Gasteiger partial charge in [0, 0.05) is 11.8 Å². The lowest BCUT2D eigenvalue weighted by atomic mass is 9.72. The fourth-order valence-corrected chi connectivity index (χ4v) is 10.9. The van der Waals surface area contributed by atoms with E-state index in [-0.39, 0.29) is 72.7 Å². The van der Waals surface area contributed by atoms with Crippen LogP contribution in [0.25, 0.3) is 0 Å². The van der Waals surface area contributed by atoms with Gasteiger partial charge < -0.3 is 38.3 Å². The number of benzene rings is 6. The number of ether oxygens (including phenoxy) is 7. The summed E-state index contributed by atoms with van der Waals surface area (Å²) in [6.45, 7) is 21.1. The Kier molecular flexibility index (Phi) is 23.1. The Balaban J connectivity index is 0.000000164. The highest BCUT2D eigenvalue weighted by atomic mass is 16.6. The first-order valence-corrected chi connectivity index (χ1v) is 27.7. The molecular formula is C67H86O8. The van der Waals surface area contributed by atoms with Crippen molar-refractivity contribution in [2.45, 2.75) is 163 Å². The monoisotopic (exact) mass is 1020 g/mol. The summed E-state index contributed by atoms with van der Waals surface area (Å²) in [4.78, 5) is 0. The van der Waals surface area contributed by atoms with Crippen molar-refractivity contribution >= 4 is 0 Å². The van der Waals surface area contributed by atoms with Gasteiger partial charge in [0.1, 0.15) is 6.10 Å². The molecule has 2 aliphatic carbocycles. The lowest BCUT2D eigenvalue weighted by Gasteiger charge is -2.43. The third-order valence-electron chi connectivity index (χ3n) is 15.9. The van der Waals surface area contributed by atoms with E-state index in [1.807, 2.05) is 84.9 Å². The highest BCUT2D eigenvalue weighted by Crippen LogP contribution is 2.39. The summed E-state index contributed by atoms with van der Waals surface area (Å²) in [6, 6.07) is 61.8. The summed E-state index contributed by atoms with van der Waals surface area (Å²) in [5.41, 5.74) is 7.11. The fourth-order valence-electron chi connectivity index (χ4n) is 10.9. The van der Waals surface area contributed by atoms with Crippen molar-refractivity contribution in [1.29, 1.82) is 0 Å². The molecule has 0 radical (unpaired) electrons. The minimum atomic E-state index is -0.340. The van der Waals surface area contributed by atoms with Gasteiger partial charge >= 0.3 is 0 Å². The van der Waals surface area contributed by atoms with E-state index in [1.165, 1.54) is 28.7 Å². The van der Waals surface area contributed by atoms with Gasteiger partial charge in [-0.15, -0.1) is 0 Å². The van der Waals surface area contributed by atoms with E-state index >= 15 is 0 Å². The molecular weight excluding hydrogens is 933 g/mol. The summed E-state index contributed by atoms with van der Waals surface area (Å²) in [7, 11) is 0. The third kappa shape index (κ3) is 17.5. The van der Waals surface area contributed by atoms with E-state index in [4.69, 9.17) is 33.2 Å². The Bertz CT molecular complexity index is 2160. The van der Waals surface area contributed by atoms with Crippen molar-refractivity contribution in [3.05, 3.63) is 215 Å². The first-order valence-electron chi connectivity index (χ1n) is 27.7. The molecule has 8 unspecified atom stereocenters. The van der Waals surface area contributed by atoms with E-state index in [9.17, 15) is 5.11 Å². The maximum atomic E-state index is 10.4. The standard InChI is InChI=1S/C23H30O2.2C22H28O3/c1-17-14-18(2)22(24-15-20-10-6-4-7-11-20)23(19(17)3)25-16-21-12-8-5-9-13-21;1-16-17(2)25-18(3)22(24-15-20-12-8-5-9-13-20)21(16)23-14-19-10-6-4-7-11-19;1-16-13-20(23)17(2)22(25-15-19-11-7-4-8-12-19)21(16)24-14-18-9-5-3-6-10-18/h4-13,17-19,22-23H,14-16H2,1-3H3;4-13,16-18,21-22H,14-15H2,1-3H3;3-12,16-17,20-23H,13-15H2,1-2H3/t17-,18?,19?,22+,23-;16?,17?,18?,21-,22+;16?,17?,20?,21-,22+/m110/s1. The topological polar surface area (TPSA) is 84.8 Å². The summed E-state index contributed by atoms with van der Waals surface area (Å²) in [5.74, 6) is 2.26. The van der Waals surface area contributed by atoms with Crippen LogP contribution in [0.3, 0.4) is 0 Å². The zero-order chi connectivity index (χ0) is 52.9. The quantitative estimate of drug-likeness (QED) is 0.0911. The molecule has 8 heteroatoms. The Morgan fingerprint density at radius 3 is 0.907 bits per heavy atom. The van der Waals surface area contributed by atoms with Crippen molar-refractivity contribution in [3.8, 4) is 0 Å². The van der Waals surface area contributed by atoms with Crippen LogP contribution < -0.4 is 0 Å². The first kappa shape index (κ1) is 57.7. The second kappa shape index (κ2) is 30.1. The molecule has 9 rings (SSSR count). The average molecular weight is 1020 g/mol. The van der Waals surface area contributed by atoms with Crippen LogP contribution in [0.2, 0.25) is 0 Å². The van der Waals surface area contributed by atoms with Crippen molar-refractivity contribution in [1.82, 2.24) is 0 Å². The van der Waals surface area contributed by atoms with Gasteiger partial charge in [0.25, 0.3) is 0 Å². The Hall–Kier alpha value is -5.00. The summed E-state index contributed by atoms with van der Waals surface area (Å²) >= 11 is 0. The summed E-state index contributed by atoms with van der Waals surface area (Å²) < 4.78 is 43.9. The predicted molar refractivity (Wildman–Crippen MR) is 300 cm³/mol. The Morgan fingerprint density at radius 2 is 0.573 bits per heavy atom. The molecule has 0 spiro atoms. The second-order valence-corrected chi connectivity index (χ2v) is 21.7. The second-order valence-electron chi connectivity index (χ2n) is 21.7. The fraction of sp³-hybridized carbons (Fsp3) is 0.463. The van der Waals surface area contributed by atoms with Gasteiger partial charge in [-0.25, -0.2) is 0 Å². The van der Waals surface area contributed by atoms with Crippen molar-refractivity contribution in [2.75, 3.05) is 0 Å². The Labute approximate surface area is 450 Å². The highest BCUT2D eigenvalue weighted by molar-refractivity contribution is 5.18. The molecule has 15 atom stereocenters. The smallest absolute Gasteiger partial charge is 0.110 e. The van der Waals surface area contributed by atoms with E-state index in [0.29, 0.717) is 57.4 Å². The van der Waals surface area contributed by atoms with E-state index in [1.54, 1.807) is 0 Å². The molecule has 75 heavy (non-hydrogen) atoms. The number of aliphatic hydroxyl groups is 1. The van der Waals surface area contributed by atoms with Crippen LogP contribution in [0.4, 0.5) is 0 Å². The average Bonchev–Trinajstić information content (AvgIpc) is 3.44. The van der Waals surface area contributed by atoms with Gasteiger partial charge in [-0.1, -0.05) is 224 Å². The maximum Gasteiger partial charge on any atom is 0.110 e. The molecule has 0 bridgehead atoms.